The van der Waals surface area contributed by atoms with Crippen molar-refractivity contribution in [2.24, 2.45) is 0 Å². The van der Waals surface area contributed by atoms with E-state index < -0.39 is 6.10 Å². The number of hydrogen-bond donors (Lipinski definition) is 0. The summed E-state index contributed by atoms with van der Waals surface area (Å²) in [6, 6.07) is 0. The van der Waals surface area contributed by atoms with Gasteiger partial charge in [-0.2, -0.15) is 0 Å². The smallest absolute Gasteiger partial charge is 0.306 e. The van der Waals surface area contributed by atoms with Crippen molar-refractivity contribution in [1.82, 2.24) is 0 Å². The van der Waals surface area contributed by atoms with Crippen molar-refractivity contribution in [3.8, 4) is 0 Å². The first-order valence-electron chi connectivity index (χ1n) is 36.0. The zero-order valence-electron chi connectivity index (χ0n) is 54.1. The van der Waals surface area contributed by atoms with E-state index in [4.69, 9.17) is 14.2 Å². The van der Waals surface area contributed by atoms with Crippen molar-refractivity contribution in [1.29, 1.82) is 0 Å². The lowest BCUT2D eigenvalue weighted by Crippen LogP contribution is -2.30. The second-order valence-corrected chi connectivity index (χ2v) is 24.5. The first kappa shape index (κ1) is 77.6. The van der Waals surface area contributed by atoms with Crippen molar-refractivity contribution in [3.05, 3.63) is 36.5 Å². The van der Waals surface area contributed by atoms with E-state index in [1.54, 1.807) is 0 Å². The van der Waals surface area contributed by atoms with Crippen molar-refractivity contribution in [2.45, 2.75) is 406 Å². The van der Waals surface area contributed by atoms with Crippen LogP contribution < -0.4 is 0 Å². The average Bonchev–Trinajstić information content (AvgIpc) is 3.46. The van der Waals surface area contributed by atoms with Gasteiger partial charge in [0.1, 0.15) is 13.2 Å². The molecule has 0 aromatic carbocycles. The van der Waals surface area contributed by atoms with Crippen LogP contribution in [0.2, 0.25) is 0 Å². The van der Waals surface area contributed by atoms with Crippen molar-refractivity contribution < 1.29 is 28.6 Å². The summed E-state index contributed by atoms with van der Waals surface area (Å²) in [5, 5.41) is 0. The fourth-order valence-electron chi connectivity index (χ4n) is 10.9. The maximum Gasteiger partial charge on any atom is 0.306 e. The maximum absolute atomic E-state index is 13.0. The van der Waals surface area contributed by atoms with Gasteiger partial charge in [0.15, 0.2) is 6.10 Å². The van der Waals surface area contributed by atoms with Gasteiger partial charge in [0.05, 0.1) is 0 Å². The highest BCUT2D eigenvalue weighted by Gasteiger charge is 2.19. The Kier molecular flexibility index (Phi) is 67.1. The first-order chi connectivity index (χ1) is 39.5. The monoisotopic (exact) mass is 1120 g/mol. The first-order valence-corrected chi connectivity index (χ1v) is 36.0. The molecule has 0 rings (SSSR count). The summed E-state index contributed by atoms with van der Waals surface area (Å²) < 4.78 is 17.0. The van der Waals surface area contributed by atoms with Gasteiger partial charge in [-0.05, 0) is 77.0 Å². The van der Waals surface area contributed by atoms with E-state index in [1.165, 1.54) is 289 Å². The van der Waals surface area contributed by atoms with E-state index in [1.807, 2.05) is 0 Å². The van der Waals surface area contributed by atoms with Gasteiger partial charge in [0.25, 0.3) is 0 Å². The lowest BCUT2D eigenvalue weighted by atomic mass is 10.0. The third-order valence-electron chi connectivity index (χ3n) is 16.4. The van der Waals surface area contributed by atoms with Crippen molar-refractivity contribution in [2.75, 3.05) is 13.2 Å². The van der Waals surface area contributed by atoms with E-state index >= 15 is 0 Å². The van der Waals surface area contributed by atoms with Crippen LogP contribution in [0.1, 0.15) is 400 Å². The molecule has 80 heavy (non-hydrogen) atoms. The van der Waals surface area contributed by atoms with Gasteiger partial charge in [-0.3, -0.25) is 14.4 Å². The molecular weight excluding hydrogens is 985 g/mol. The van der Waals surface area contributed by atoms with Crippen LogP contribution in [0.3, 0.4) is 0 Å². The summed E-state index contributed by atoms with van der Waals surface area (Å²) >= 11 is 0. The summed E-state index contributed by atoms with van der Waals surface area (Å²) in [5.41, 5.74) is 0. The van der Waals surface area contributed by atoms with Crippen LogP contribution in [0.5, 0.6) is 0 Å². The van der Waals surface area contributed by atoms with Crippen LogP contribution >= 0.6 is 0 Å². The molecule has 0 aromatic heterocycles. The minimum atomic E-state index is -0.774. The number of hydrogen-bond acceptors (Lipinski definition) is 6. The largest absolute Gasteiger partial charge is 0.462 e. The van der Waals surface area contributed by atoms with Crippen LogP contribution in [0.15, 0.2) is 36.5 Å². The molecule has 0 bridgehead atoms. The molecule has 0 amide bonds. The highest BCUT2D eigenvalue weighted by atomic mass is 16.6. The molecule has 6 heteroatoms. The maximum atomic E-state index is 13.0. The minimum absolute atomic E-state index is 0.0702. The van der Waals surface area contributed by atoms with E-state index in [0.29, 0.717) is 19.3 Å². The van der Waals surface area contributed by atoms with E-state index in [0.717, 1.165) is 70.6 Å². The molecule has 0 fully saturated rings. The zero-order chi connectivity index (χ0) is 57.8. The highest BCUT2D eigenvalue weighted by Crippen LogP contribution is 2.19. The molecule has 470 valence electrons. The molecule has 0 aliphatic rings. The molecule has 0 saturated carbocycles. The number of esters is 3. The molecule has 6 nitrogen and oxygen atoms in total. The normalized spacial score (nSPS) is 12.2. The molecule has 0 aliphatic heterocycles. The van der Waals surface area contributed by atoms with Gasteiger partial charge < -0.3 is 14.2 Å². The molecule has 0 heterocycles. The fraction of sp³-hybridized carbons (Fsp3) is 0.878. The Labute approximate surface area is 499 Å². The molecule has 0 N–H and O–H groups in total. The summed E-state index contributed by atoms with van der Waals surface area (Å²) in [6.07, 6.45) is 86.1. The number of ether oxygens (including phenoxy) is 3. The Morgan fingerprint density at radius 2 is 0.450 bits per heavy atom. The molecule has 0 aliphatic carbocycles. The van der Waals surface area contributed by atoms with Gasteiger partial charge in [-0.15, -0.1) is 0 Å². The van der Waals surface area contributed by atoms with E-state index in [-0.39, 0.29) is 31.1 Å². The molecule has 1 atom stereocenters. The van der Waals surface area contributed by atoms with Crippen LogP contribution in [0.25, 0.3) is 0 Å². The summed E-state index contributed by atoms with van der Waals surface area (Å²) in [6.45, 7) is 6.68. The predicted octanol–water partition coefficient (Wildman–Crippen LogP) is 24.7. The van der Waals surface area contributed by atoms with E-state index in [9.17, 15) is 14.4 Å². The van der Waals surface area contributed by atoms with E-state index in [2.05, 4.69) is 57.2 Å². The molecule has 0 spiro atoms. The summed E-state index contributed by atoms with van der Waals surface area (Å²) in [4.78, 5) is 38.4. The van der Waals surface area contributed by atoms with Gasteiger partial charge >= 0.3 is 17.9 Å². The quantitative estimate of drug-likeness (QED) is 0.0261. The second kappa shape index (κ2) is 69.1. The average molecular weight is 1120 g/mol. The molecule has 0 radical (unpaired) electrons. The fourth-order valence-corrected chi connectivity index (χ4v) is 10.9. The minimum Gasteiger partial charge on any atom is -0.462 e. The summed E-state index contributed by atoms with van der Waals surface area (Å²) in [7, 11) is 0. The summed E-state index contributed by atoms with van der Waals surface area (Å²) in [5.74, 6) is -0.850. The van der Waals surface area contributed by atoms with Gasteiger partial charge in [-0.1, -0.05) is 340 Å². The van der Waals surface area contributed by atoms with Crippen LogP contribution in [0.4, 0.5) is 0 Å². The van der Waals surface area contributed by atoms with Crippen molar-refractivity contribution in [3.63, 3.8) is 0 Å². The van der Waals surface area contributed by atoms with Crippen LogP contribution in [-0.4, -0.2) is 37.2 Å². The van der Waals surface area contributed by atoms with Crippen LogP contribution in [0, 0.1) is 0 Å². The molecule has 0 saturated heterocycles. The number of rotatable bonds is 67. The lowest BCUT2D eigenvalue weighted by Gasteiger charge is -2.18. The number of unbranched alkanes of at least 4 members (excludes halogenated alkanes) is 50. The number of carbonyl (C=O) groups excluding carboxylic acids is 3. The molecule has 1 unspecified atom stereocenters. The highest BCUT2D eigenvalue weighted by molar-refractivity contribution is 5.71. The number of carbonyl (C=O) groups is 3. The van der Waals surface area contributed by atoms with Crippen LogP contribution in [-0.2, 0) is 28.6 Å². The standard InChI is InChI=1S/C74H138O6/c1-4-7-10-13-16-19-22-25-27-29-31-33-35-37-39-40-42-44-46-49-52-55-58-61-64-67-73(76)79-70-71(69-78-72(75)66-63-60-57-54-51-48-24-21-18-15-12-9-6-3)80-74(77)68-65-62-59-56-53-50-47-45-43-41-38-36-34-32-30-28-26-23-20-17-14-11-8-5-2/h21-22,24-25,29,31,71H,4-20,23,26-28,30,32-70H2,1-3H3/b24-21-,25-22-,31-29-. The Morgan fingerprint density at radius 1 is 0.250 bits per heavy atom. The Bertz CT molecular complexity index is 1340. The SMILES string of the molecule is CCCCCC/C=C\CCCCCCCC(=O)OCC(COC(=O)CCCCCCCCCCCCCCC/C=C\C/C=C\CCCCCCC)OC(=O)CCCCCCCCCCCCCCCCCCCCCCCCCC. The zero-order valence-corrected chi connectivity index (χ0v) is 54.1. The Balaban J connectivity index is 4.22. The van der Waals surface area contributed by atoms with Gasteiger partial charge in [-0.25, -0.2) is 0 Å². The Hall–Kier alpha value is -2.37. The molecular formula is C74H138O6. The molecule has 0 aromatic rings. The lowest BCUT2D eigenvalue weighted by molar-refractivity contribution is -0.167. The van der Waals surface area contributed by atoms with Crippen molar-refractivity contribution >= 4 is 17.9 Å². The Morgan fingerprint density at radius 3 is 0.713 bits per heavy atom. The third-order valence-corrected chi connectivity index (χ3v) is 16.4. The third kappa shape index (κ3) is 66.4. The van der Waals surface area contributed by atoms with Gasteiger partial charge in [0.2, 0.25) is 0 Å². The number of allylic oxidation sites excluding steroid dienone is 6. The van der Waals surface area contributed by atoms with Gasteiger partial charge in [0, 0.05) is 19.3 Å². The second-order valence-electron chi connectivity index (χ2n) is 24.5. The predicted molar refractivity (Wildman–Crippen MR) is 349 cm³/mol. The topological polar surface area (TPSA) is 78.9 Å².